The number of hydrogen-bond donors (Lipinski definition) is 2. The van der Waals surface area contributed by atoms with Gasteiger partial charge >= 0.3 is 11.3 Å². The summed E-state index contributed by atoms with van der Waals surface area (Å²) in [6, 6.07) is 8.49. The Hall–Kier alpha value is -4.32. The molecule has 1 fully saturated rings. The minimum Gasteiger partial charge on any atom is -0.502 e. The molecule has 0 saturated carbocycles. The molecule has 0 spiro atoms. The van der Waals surface area contributed by atoms with Crippen molar-refractivity contribution in [2.75, 3.05) is 13.1 Å². The molecule has 12 nitrogen and oxygen atoms in total. The first kappa shape index (κ1) is 23.8. The fraction of sp³-hybridized carbons (Fsp3) is 0.304. The van der Waals surface area contributed by atoms with Crippen LogP contribution in [0.4, 0.5) is 11.4 Å². The fourth-order valence-corrected chi connectivity index (χ4v) is 4.18. The van der Waals surface area contributed by atoms with Gasteiger partial charge in [-0.05, 0) is 31.4 Å². The Morgan fingerprint density at radius 2 is 1.80 bits per heavy atom. The number of rotatable bonds is 6. The lowest BCUT2D eigenvalue weighted by atomic mass is 10.0. The van der Waals surface area contributed by atoms with Crippen LogP contribution in [0.15, 0.2) is 45.6 Å². The number of nitrogens with zero attached hydrogens (tertiary/aromatic N) is 3. The lowest BCUT2D eigenvalue weighted by Crippen LogP contribution is -2.45. The van der Waals surface area contributed by atoms with E-state index in [-0.39, 0.29) is 33.8 Å². The smallest absolute Gasteiger partial charge is 0.349 e. The number of hydrogen-bond acceptors (Lipinski definition) is 9. The second-order valence-corrected chi connectivity index (χ2v) is 8.44. The largest absolute Gasteiger partial charge is 0.502 e. The van der Waals surface area contributed by atoms with Crippen molar-refractivity contribution >= 4 is 28.3 Å². The molecule has 2 heterocycles. The number of nitrogens with one attached hydrogen (secondary N) is 1. The van der Waals surface area contributed by atoms with Gasteiger partial charge in [-0.2, -0.15) is 0 Å². The number of phenols is 1. The number of phenolic OH excluding ortho intramolecular Hbond substituents is 1. The lowest BCUT2D eigenvalue weighted by Gasteiger charge is -2.32. The van der Waals surface area contributed by atoms with E-state index in [4.69, 9.17) is 4.42 Å². The number of benzene rings is 2. The van der Waals surface area contributed by atoms with Crippen LogP contribution in [0.1, 0.15) is 34.3 Å². The molecule has 182 valence electrons. The summed E-state index contributed by atoms with van der Waals surface area (Å²) in [5, 5.41) is 34.9. The number of carbonyl (C=O) groups excluding carboxylic acids is 1. The number of aromatic hydroxyl groups is 1. The van der Waals surface area contributed by atoms with E-state index >= 15 is 0 Å². The van der Waals surface area contributed by atoms with Crippen LogP contribution in [0.5, 0.6) is 5.75 Å². The minimum absolute atomic E-state index is 0.0193. The van der Waals surface area contributed by atoms with Crippen molar-refractivity contribution < 1.29 is 24.2 Å². The van der Waals surface area contributed by atoms with E-state index in [1.807, 2.05) is 0 Å². The Balaban J connectivity index is 1.42. The normalized spacial score (nSPS) is 14.7. The van der Waals surface area contributed by atoms with Crippen molar-refractivity contribution in [1.82, 2.24) is 10.2 Å². The maximum absolute atomic E-state index is 12.8. The summed E-state index contributed by atoms with van der Waals surface area (Å²) in [5.41, 5.74) is -0.715. The average molecular weight is 482 g/mol. The Labute approximate surface area is 198 Å². The maximum Gasteiger partial charge on any atom is 0.349 e. The highest BCUT2D eigenvalue weighted by atomic mass is 16.6. The molecule has 4 rings (SSSR count). The molecule has 1 aromatic heterocycles. The Morgan fingerprint density at radius 1 is 1.14 bits per heavy atom. The molecule has 35 heavy (non-hydrogen) atoms. The number of carbonyl (C=O) groups is 1. The van der Waals surface area contributed by atoms with Gasteiger partial charge in [0, 0.05) is 54.8 Å². The summed E-state index contributed by atoms with van der Waals surface area (Å²) in [6.07, 6.45) is 1.27. The van der Waals surface area contributed by atoms with Gasteiger partial charge in [0.15, 0.2) is 0 Å². The Kier molecular flexibility index (Phi) is 6.47. The molecule has 0 unspecified atom stereocenters. The van der Waals surface area contributed by atoms with Crippen molar-refractivity contribution in [3.8, 4) is 5.75 Å². The third-order valence-electron chi connectivity index (χ3n) is 6.12. The molecule has 12 heteroatoms. The molecule has 1 aliphatic heterocycles. The molecular weight excluding hydrogens is 460 g/mol. The van der Waals surface area contributed by atoms with Crippen molar-refractivity contribution in [2.45, 2.75) is 32.4 Å². The van der Waals surface area contributed by atoms with Gasteiger partial charge in [-0.1, -0.05) is 12.1 Å². The number of likely N-dealkylation sites (tertiary alicyclic amines) is 1. The Morgan fingerprint density at radius 3 is 2.40 bits per heavy atom. The van der Waals surface area contributed by atoms with Gasteiger partial charge in [-0.25, -0.2) is 4.79 Å². The second-order valence-electron chi connectivity index (χ2n) is 8.44. The van der Waals surface area contributed by atoms with Gasteiger partial charge in [-0.15, -0.1) is 0 Å². The van der Waals surface area contributed by atoms with E-state index in [9.17, 15) is 34.9 Å². The summed E-state index contributed by atoms with van der Waals surface area (Å²) in [4.78, 5) is 48.2. The van der Waals surface area contributed by atoms with Gasteiger partial charge in [0.05, 0.1) is 9.85 Å². The monoisotopic (exact) mass is 482 g/mol. The van der Waals surface area contributed by atoms with Crippen molar-refractivity contribution in [3.63, 3.8) is 0 Å². The van der Waals surface area contributed by atoms with Crippen LogP contribution in [0.3, 0.4) is 0 Å². The highest BCUT2D eigenvalue weighted by Crippen LogP contribution is 2.35. The van der Waals surface area contributed by atoms with Gasteiger partial charge in [-0.3, -0.25) is 29.9 Å². The van der Waals surface area contributed by atoms with Crippen LogP contribution in [-0.2, 0) is 6.54 Å². The number of amides is 1. The van der Waals surface area contributed by atoms with E-state index in [1.165, 1.54) is 25.1 Å². The van der Waals surface area contributed by atoms with E-state index in [1.54, 1.807) is 12.1 Å². The number of fused-ring (bicyclic) bond motifs is 1. The first-order valence-corrected chi connectivity index (χ1v) is 10.9. The quantitative estimate of drug-likeness (QED) is 0.304. The molecule has 1 saturated heterocycles. The molecule has 1 aliphatic rings. The van der Waals surface area contributed by atoms with Crippen molar-refractivity contribution in [3.05, 3.63) is 83.7 Å². The van der Waals surface area contributed by atoms with Crippen LogP contribution in [-0.4, -0.2) is 44.9 Å². The van der Waals surface area contributed by atoms with Crippen LogP contribution >= 0.6 is 0 Å². The first-order valence-electron chi connectivity index (χ1n) is 10.9. The predicted octanol–water partition coefficient (Wildman–Crippen LogP) is 3.02. The lowest BCUT2D eigenvalue weighted by molar-refractivity contribution is -0.385. The van der Waals surface area contributed by atoms with Crippen molar-refractivity contribution in [1.29, 1.82) is 0 Å². The van der Waals surface area contributed by atoms with E-state index < -0.39 is 32.8 Å². The highest BCUT2D eigenvalue weighted by Gasteiger charge is 2.25. The maximum atomic E-state index is 12.8. The van der Waals surface area contributed by atoms with Gasteiger partial charge in [0.1, 0.15) is 11.1 Å². The number of nitro groups is 2. The third kappa shape index (κ3) is 4.96. The number of aryl methyl sites for hydroxylation is 1. The molecule has 2 aromatic carbocycles. The van der Waals surface area contributed by atoms with Crippen LogP contribution < -0.4 is 10.9 Å². The second kappa shape index (κ2) is 9.50. The van der Waals surface area contributed by atoms with Crippen molar-refractivity contribution in [2.24, 2.45) is 0 Å². The molecular formula is C23H22N4O8. The molecule has 0 aliphatic carbocycles. The van der Waals surface area contributed by atoms with Crippen LogP contribution in [0, 0.1) is 27.2 Å². The number of nitro benzene ring substituents is 2. The summed E-state index contributed by atoms with van der Waals surface area (Å²) in [7, 11) is 0. The van der Waals surface area contributed by atoms with Gasteiger partial charge in [0.25, 0.3) is 11.6 Å². The zero-order chi connectivity index (χ0) is 25.3. The standard InChI is InChI=1S/C23H22N4O8/c1-13-20(28)19(27(33)34)11-15-10-18(23(30)35-21(13)15)22(29)24-16-6-8-25(9-7-16)12-14-2-4-17(5-3-14)26(31)32/h2-5,10-11,16,28H,6-9,12H2,1H3,(H,24,29). The molecule has 0 atom stereocenters. The van der Waals surface area contributed by atoms with E-state index in [2.05, 4.69) is 10.2 Å². The summed E-state index contributed by atoms with van der Waals surface area (Å²) in [6.45, 7) is 3.37. The SMILES string of the molecule is Cc1c(O)c([N+](=O)[O-])cc2cc(C(=O)NC3CCN(Cc4ccc([N+](=O)[O-])cc4)CC3)c(=O)oc12. The minimum atomic E-state index is -0.901. The summed E-state index contributed by atoms with van der Waals surface area (Å²) < 4.78 is 5.21. The van der Waals surface area contributed by atoms with Crippen LogP contribution in [0.2, 0.25) is 0 Å². The molecule has 1 amide bonds. The number of non-ortho nitro benzene ring substituents is 1. The fourth-order valence-electron chi connectivity index (χ4n) is 4.18. The van der Waals surface area contributed by atoms with Gasteiger partial charge < -0.3 is 14.8 Å². The first-order chi connectivity index (χ1) is 16.6. The number of piperidine rings is 1. The van der Waals surface area contributed by atoms with E-state index in [0.717, 1.165) is 11.6 Å². The zero-order valence-corrected chi connectivity index (χ0v) is 18.7. The topological polar surface area (TPSA) is 169 Å². The molecule has 2 N–H and O–H groups in total. The molecule has 0 bridgehead atoms. The third-order valence-corrected chi connectivity index (χ3v) is 6.12. The predicted molar refractivity (Wildman–Crippen MR) is 124 cm³/mol. The summed E-state index contributed by atoms with van der Waals surface area (Å²) >= 11 is 0. The average Bonchev–Trinajstić information content (AvgIpc) is 2.82. The van der Waals surface area contributed by atoms with E-state index in [0.29, 0.717) is 32.5 Å². The highest BCUT2D eigenvalue weighted by molar-refractivity contribution is 5.98. The zero-order valence-electron chi connectivity index (χ0n) is 18.7. The molecule has 3 aromatic rings. The van der Waals surface area contributed by atoms with Gasteiger partial charge in [0.2, 0.25) is 5.75 Å². The molecule has 0 radical (unpaired) electrons. The summed E-state index contributed by atoms with van der Waals surface area (Å²) in [5.74, 6) is -1.23. The van der Waals surface area contributed by atoms with Crippen LogP contribution in [0.25, 0.3) is 11.0 Å². The Bertz CT molecular complexity index is 1380.